The van der Waals surface area contributed by atoms with Gasteiger partial charge in [0.05, 0.1) is 19.9 Å². The molecule has 116 valence electrons. The molecule has 0 aliphatic rings. The van der Waals surface area contributed by atoms with Crippen LogP contribution in [-0.2, 0) is 11.3 Å². The van der Waals surface area contributed by atoms with E-state index in [2.05, 4.69) is 10.6 Å². The molecule has 2 amide bonds. The van der Waals surface area contributed by atoms with Crippen molar-refractivity contribution in [2.75, 3.05) is 7.11 Å². The minimum Gasteiger partial charge on any atom is -0.497 e. The topological polar surface area (TPSA) is 80.6 Å². The van der Waals surface area contributed by atoms with E-state index in [1.807, 2.05) is 0 Å². The Morgan fingerprint density at radius 2 is 1.95 bits per heavy atom. The molecule has 0 fully saturated rings. The van der Waals surface area contributed by atoms with Gasteiger partial charge in [-0.15, -0.1) is 0 Å². The quantitative estimate of drug-likeness (QED) is 0.851. The van der Waals surface area contributed by atoms with Crippen molar-refractivity contribution in [3.8, 4) is 5.75 Å². The summed E-state index contributed by atoms with van der Waals surface area (Å²) in [5.74, 6) is 0.726. The molecule has 0 aliphatic carbocycles. The molecule has 1 atom stereocenters. The summed E-state index contributed by atoms with van der Waals surface area (Å²) in [5, 5.41) is 5.33. The zero-order valence-electron chi connectivity index (χ0n) is 12.5. The van der Waals surface area contributed by atoms with E-state index in [9.17, 15) is 9.59 Å². The van der Waals surface area contributed by atoms with Crippen molar-refractivity contribution in [2.45, 2.75) is 19.5 Å². The molecule has 0 saturated carbocycles. The van der Waals surface area contributed by atoms with Crippen molar-refractivity contribution in [1.29, 1.82) is 0 Å². The van der Waals surface area contributed by atoms with Crippen molar-refractivity contribution >= 4 is 11.8 Å². The van der Waals surface area contributed by atoms with Crippen LogP contribution in [-0.4, -0.2) is 25.0 Å². The monoisotopic (exact) mass is 302 g/mol. The van der Waals surface area contributed by atoms with Gasteiger partial charge in [-0.3, -0.25) is 9.59 Å². The van der Waals surface area contributed by atoms with Gasteiger partial charge < -0.3 is 19.8 Å². The van der Waals surface area contributed by atoms with Crippen molar-refractivity contribution in [3.63, 3.8) is 0 Å². The van der Waals surface area contributed by atoms with Crippen LogP contribution in [0, 0.1) is 0 Å². The number of methoxy groups -OCH3 is 1. The number of carbonyl (C=O) groups is 2. The van der Waals surface area contributed by atoms with Gasteiger partial charge in [0, 0.05) is 5.56 Å². The highest BCUT2D eigenvalue weighted by molar-refractivity contribution is 5.97. The van der Waals surface area contributed by atoms with Gasteiger partial charge in [-0.1, -0.05) is 0 Å². The van der Waals surface area contributed by atoms with Gasteiger partial charge in [-0.25, -0.2) is 0 Å². The Morgan fingerprint density at radius 1 is 1.23 bits per heavy atom. The summed E-state index contributed by atoms with van der Waals surface area (Å²) in [6.07, 6.45) is 1.54. The first-order chi connectivity index (χ1) is 10.6. The highest BCUT2D eigenvalue weighted by atomic mass is 16.5. The molecule has 6 nitrogen and oxygen atoms in total. The molecule has 2 rings (SSSR count). The van der Waals surface area contributed by atoms with Gasteiger partial charge in [-0.2, -0.15) is 0 Å². The zero-order valence-corrected chi connectivity index (χ0v) is 12.5. The van der Waals surface area contributed by atoms with E-state index in [-0.39, 0.29) is 18.4 Å². The number of amides is 2. The maximum Gasteiger partial charge on any atom is 0.251 e. The Kier molecular flexibility index (Phi) is 5.19. The molecule has 0 aliphatic heterocycles. The molecule has 22 heavy (non-hydrogen) atoms. The van der Waals surface area contributed by atoms with Crippen LogP contribution >= 0.6 is 0 Å². The SMILES string of the molecule is COc1ccc(C(=O)N[C@@H](C)C(=O)NCc2ccco2)cc1. The molecule has 0 bridgehead atoms. The zero-order chi connectivity index (χ0) is 15.9. The van der Waals surface area contributed by atoms with Crippen LogP contribution in [0.25, 0.3) is 0 Å². The van der Waals surface area contributed by atoms with E-state index < -0.39 is 6.04 Å². The Hall–Kier alpha value is -2.76. The second-order valence-electron chi connectivity index (χ2n) is 4.72. The fourth-order valence-corrected chi connectivity index (χ4v) is 1.83. The van der Waals surface area contributed by atoms with E-state index in [0.717, 1.165) is 0 Å². The largest absolute Gasteiger partial charge is 0.497 e. The van der Waals surface area contributed by atoms with Crippen LogP contribution in [0.15, 0.2) is 47.1 Å². The van der Waals surface area contributed by atoms with E-state index in [1.165, 1.54) is 6.26 Å². The van der Waals surface area contributed by atoms with E-state index in [0.29, 0.717) is 17.1 Å². The lowest BCUT2D eigenvalue weighted by atomic mass is 10.2. The molecule has 6 heteroatoms. The van der Waals surface area contributed by atoms with Gasteiger partial charge in [0.1, 0.15) is 17.6 Å². The van der Waals surface area contributed by atoms with Crippen LogP contribution in [0.4, 0.5) is 0 Å². The van der Waals surface area contributed by atoms with E-state index in [1.54, 1.807) is 50.4 Å². The molecular weight excluding hydrogens is 284 g/mol. The second-order valence-corrected chi connectivity index (χ2v) is 4.72. The fraction of sp³-hybridized carbons (Fsp3) is 0.250. The number of ether oxygens (including phenoxy) is 1. The predicted molar refractivity (Wildman–Crippen MR) is 80.5 cm³/mol. The molecule has 2 aromatic rings. The van der Waals surface area contributed by atoms with Crippen LogP contribution in [0.5, 0.6) is 5.75 Å². The van der Waals surface area contributed by atoms with Gasteiger partial charge >= 0.3 is 0 Å². The van der Waals surface area contributed by atoms with E-state index in [4.69, 9.17) is 9.15 Å². The first kappa shape index (κ1) is 15.6. The lowest BCUT2D eigenvalue weighted by Gasteiger charge is -2.13. The van der Waals surface area contributed by atoms with Crippen molar-refractivity contribution in [1.82, 2.24) is 10.6 Å². The van der Waals surface area contributed by atoms with Crippen molar-refractivity contribution in [2.24, 2.45) is 0 Å². The van der Waals surface area contributed by atoms with Crippen LogP contribution in [0.2, 0.25) is 0 Å². The summed E-state index contributed by atoms with van der Waals surface area (Å²) in [6.45, 7) is 1.91. The third kappa shape index (κ3) is 4.12. The maximum absolute atomic E-state index is 12.0. The third-order valence-electron chi connectivity index (χ3n) is 3.11. The average molecular weight is 302 g/mol. The van der Waals surface area contributed by atoms with Crippen molar-refractivity contribution in [3.05, 3.63) is 54.0 Å². The minimum atomic E-state index is -0.649. The third-order valence-corrected chi connectivity index (χ3v) is 3.11. The summed E-state index contributed by atoms with van der Waals surface area (Å²) in [4.78, 5) is 24.0. The number of benzene rings is 1. The van der Waals surface area contributed by atoms with E-state index >= 15 is 0 Å². The Bertz CT molecular complexity index is 620. The number of carbonyl (C=O) groups excluding carboxylic acids is 2. The molecular formula is C16H18N2O4. The highest BCUT2D eigenvalue weighted by Gasteiger charge is 2.16. The predicted octanol–water partition coefficient (Wildman–Crippen LogP) is 1.72. The molecule has 1 heterocycles. The Balaban J connectivity index is 1.85. The molecule has 1 aromatic heterocycles. The Labute approximate surface area is 128 Å². The summed E-state index contributed by atoms with van der Waals surface area (Å²) >= 11 is 0. The first-order valence-corrected chi connectivity index (χ1v) is 6.85. The lowest BCUT2D eigenvalue weighted by molar-refractivity contribution is -0.122. The summed E-state index contributed by atoms with van der Waals surface area (Å²) < 4.78 is 10.2. The molecule has 0 saturated heterocycles. The molecule has 0 radical (unpaired) electrons. The fourth-order valence-electron chi connectivity index (χ4n) is 1.83. The number of rotatable bonds is 6. The van der Waals surface area contributed by atoms with Gasteiger partial charge in [-0.05, 0) is 43.3 Å². The van der Waals surface area contributed by atoms with Gasteiger partial charge in [0.2, 0.25) is 5.91 Å². The number of hydrogen-bond donors (Lipinski definition) is 2. The van der Waals surface area contributed by atoms with Crippen LogP contribution in [0.3, 0.4) is 0 Å². The lowest BCUT2D eigenvalue weighted by Crippen LogP contribution is -2.44. The smallest absolute Gasteiger partial charge is 0.251 e. The van der Waals surface area contributed by atoms with Crippen LogP contribution < -0.4 is 15.4 Å². The first-order valence-electron chi connectivity index (χ1n) is 6.85. The number of hydrogen-bond acceptors (Lipinski definition) is 4. The summed E-state index contributed by atoms with van der Waals surface area (Å²) in [6, 6.07) is 9.53. The highest BCUT2D eigenvalue weighted by Crippen LogP contribution is 2.11. The van der Waals surface area contributed by atoms with Gasteiger partial charge in [0.25, 0.3) is 5.91 Å². The second kappa shape index (κ2) is 7.31. The summed E-state index contributed by atoms with van der Waals surface area (Å²) in [5.41, 5.74) is 0.464. The molecule has 0 unspecified atom stereocenters. The normalized spacial score (nSPS) is 11.5. The number of nitrogens with one attached hydrogen (secondary N) is 2. The minimum absolute atomic E-state index is 0.279. The van der Waals surface area contributed by atoms with Crippen molar-refractivity contribution < 1.29 is 18.7 Å². The number of furan rings is 1. The standard InChI is InChI=1S/C16H18N2O4/c1-11(15(19)17-10-14-4-3-9-22-14)18-16(20)12-5-7-13(21-2)8-6-12/h3-9,11H,10H2,1-2H3,(H,17,19)(H,18,20)/t11-/m0/s1. The summed E-state index contributed by atoms with van der Waals surface area (Å²) in [7, 11) is 1.56. The average Bonchev–Trinajstić information content (AvgIpc) is 3.06. The molecule has 0 spiro atoms. The molecule has 1 aromatic carbocycles. The molecule has 2 N–H and O–H groups in total. The maximum atomic E-state index is 12.0. The van der Waals surface area contributed by atoms with Crippen LogP contribution in [0.1, 0.15) is 23.0 Å². The Morgan fingerprint density at radius 3 is 2.55 bits per heavy atom. The van der Waals surface area contributed by atoms with Gasteiger partial charge in [0.15, 0.2) is 0 Å².